The first-order valence-corrected chi connectivity index (χ1v) is 8.49. The van der Waals surface area contributed by atoms with Gasteiger partial charge in [0.1, 0.15) is 6.61 Å². The lowest BCUT2D eigenvalue weighted by molar-refractivity contribution is -0.137. The summed E-state index contributed by atoms with van der Waals surface area (Å²) in [7, 11) is 0. The molecule has 1 amide bonds. The van der Waals surface area contributed by atoms with Crippen molar-refractivity contribution in [1.82, 2.24) is 9.80 Å². The van der Waals surface area contributed by atoms with Crippen LogP contribution in [0.25, 0.3) is 0 Å². The molecule has 2 saturated heterocycles. The number of rotatable bonds is 4. The molecule has 0 unspecified atom stereocenters. The molecule has 0 N–H and O–H groups in total. The Morgan fingerprint density at radius 1 is 1.24 bits per heavy atom. The number of carbonyl (C=O) groups is 1. The predicted molar refractivity (Wildman–Crippen MR) is 80.1 cm³/mol. The highest BCUT2D eigenvalue weighted by molar-refractivity contribution is 5.77. The van der Waals surface area contributed by atoms with E-state index in [-0.39, 0.29) is 18.6 Å². The zero-order valence-corrected chi connectivity index (χ0v) is 13.1. The molecule has 5 nitrogen and oxygen atoms in total. The summed E-state index contributed by atoms with van der Waals surface area (Å²) in [4.78, 5) is 16.7. The van der Waals surface area contributed by atoms with Gasteiger partial charge in [0.05, 0.1) is 18.8 Å². The monoisotopic (exact) mass is 296 g/mol. The van der Waals surface area contributed by atoms with E-state index in [0.717, 1.165) is 52.2 Å². The van der Waals surface area contributed by atoms with Crippen molar-refractivity contribution in [3.05, 3.63) is 0 Å². The van der Waals surface area contributed by atoms with Gasteiger partial charge in [0.15, 0.2) is 0 Å². The largest absolute Gasteiger partial charge is 0.375 e. The van der Waals surface area contributed by atoms with Gasteiger partial charge in [-0.25, -0.2) is 0 Å². The van der Waals surface area contributed by atoms with Crippen molar-refractivity contribution in [2.45, 2.75) is 44.8 Å². The third-order valence-corrected chi connectivity index (χ3v) is 5.16. The van der Waals surface area contributed by atoms with E-state index in [4.69, 9.17) is 9.47 Å². The van der Waals surface area contributed by atoms with Gasteiger partial charge >= 0.3 is 0 Å². The second-order valence-electron chi connectivity index (χ2n) is 6.58. The molecule has 3 aliphatic rings. The van der Waals surface area contributed by atoms with Crippen molar-refractivity contribution < 1.29 is 14.3 Å². The average Bonchev–Trinajstić information content (AvgIpc) is 3.10. The topological polar surface area (TPSA) is 42.0 Å². The van der Waals surface area contributed by atoms with Crippen LogP contribution in [-0.4, -0.2) is 73.9 Å². The van der Waals surface area contributed by atoms with Crippen molar-refractivity contribution >= 4 is 5.91 Å². The summed E-state index contributed by atoms with van der Waals surface area (Å²) in [5.41, 5.74) is 0. The average molecular weight is 296 g/mol. The minimum absolute atomic E-state index is 0.140. The Labute approximate surface area is 127 Å². The van der Waals surface area contributed by atoms with Gasteiger partial charge in [0, 0.05) is 32.1 Å². The van der Waals surface area contributed by atoms with Gasteiger partial charge in [-0.05, 0) is 19.4 Å². The van der Waals surface area contributed by atoms with E-state index >= 15 is 0 Å². The van der Waals surface area contributed by atoms with Gasteiger partial charge in [-0.1, -0.05) is 19.8 Å². The molecule has 120 valence electrons. The van der Waals surface area contributed by atoms with Gasteiger partial charge < -0.3 is 19.3 Å². The lowest BCUT2D eigenvalue weighted by atomic mass is 10.1. The Bertz CT molecular complexity index is 357. The Morgan fingerprint density at radius 2 is 2.05 bits per heavy atom. The van der Waals surface area contributed by atoms with Crippen molar-refractivity contribution in [1.29, 1.82) is 0 Å². The third-order valence-electron chi connectivity index (χ3n) is 5.16. The lowest BCUT2D eigenvalue weighted by Crippen LogP contribution is -2.36. The van der Waals surface area contributed by atoms with E-state index in [1.165, 1.54) is 12.8 Å². The Kier molecular flexibility index (Phi) is 5.14. The molecule has 0 radical (unpaired) electrons. The van der Waals surface area contributed by atoms with Gasteiger partial charge in [0.2, 0.25) is 5.91 Å². The molecule has 5 heteroatoms. The Hall–Kier alpha value is -0.650. The van der Waals surface area contributed by atoms with E-state index < -0.39 is 0 Å². The first-order valence-electron chi connectivity index (χ1n) is 8.49. The lowest BCUT2D eigenvalue weighted by Gasteiger charge is -2.22. The van der Waals surface area contributed by atoms with Crippen LogP contribution in [0.2, 0.25) is 0 Å². The van der Waals surface area contributed by atoms with Crippen LogP contribution >= 0.6 is 0 Å². The molecule has 0 spiro atoms. The second-order valence-corrected chi connectivity index (χ2v) is 6.58. The number of fused-ring (bicyclic) bond motifs is 1. The maximum Gasteiger partial charge on any atom is 0.248 e. The van der Waals surface area contributed by atoms with Gasteiger partial charge in [-0.3, -0.25) is 4.79 Å². The van der Waals surface area contributed by atoms with Crippen molar-refractivity contribution in [3.63, 3.8) is 0 Å². The van der Waals surface area contributed by atoms with Crippen molar-refractivity contribution in [2.75, 3.05) is 45.9 Å². The van der Waals surface area contributed by atoms with Gasteiger partial charge in [-0.2, -0.15) is 0 Å². The molecule has 2 heterocycles. The predicted octanol–water partition coefficient (Wildman–Crippen LogP) is 1.12. The molecule has 0 aromatic carbocycles. The first-order chi connectivity index (χ1) is 10.3. The quantitative estimate of drug-likeness (QED) is 0.780. The smallest absolute Gasteiger partial charge is 0.248 e. The number of nitrogens with zero attached hydrogens (tertiary/aromatic N) is 2. The number of likely N-dealkylation sites (N-methyl/N-ethyl adjacent to an activating group) is 1. The highest BCUT2D eigenvalue weighted by atomic mass is 16.5. The van der Waals surface area contributed by atoms with E-state index in [9.17, 15) is 4.79 Å². The minimum Gasteiger partial charge on any atom is -0.375 e. The normalized spacial score (nSPS) is 31.4. The fourth-order valence-electron chi connectivity index (χ4n) is 3.79. The fraction of sp³-hybridized carbons (Fsp3) is 0.938. The van der Waals surface area contributed by atoms with E-state index in [0.29, 0.717) is 12.0 Å². The number of carbonyl (C=O) groups excluding carboxylic acids is 1. The Balaban J connectivity index is 1.47. The molecular weight excluding hydrogens is 268 g/mol. The molecule has 0 aromatic rings. The molecule has 2 aliphatic heterocycles. The van der Waals surface area contributed by atoms with Crippen LogP contribution in [0.15, 0.2) is 0 Å². The summed E-state index contributed by atoms with van der Waals surface area (Å²) in [5, 5.41) is 0. The number of ether oxygens (including phenoxy) is 2. The van der Waals surface area contributed by atoms with Gasteiger partial charge in [0.25, 0.3) is 0 Å². The Morgan fingerprint density at radius 3 is 2.81 bits per heavy atom. The molecular formula is C16H28N2O3. The second kappa shape index (κ2) is 7.07. The van der Waals surface area contributed by atoms with Crippen LogP contribution in [0.3, 0.4) is 0 Å². The maximum atomic E-state index is 12.3. The molecule has 0 aromatic heterocycles. The summed E-state index contributed by atoms with van der Waals surface area (Å²) in [6.07, 6.45) is 5.26. The zero-order chi connectivity index (χ0) is 14.7. The molecule has 1 saturated carbocycles. The van der Waals surface area contributed by atoms with Crippen LogP contribution in [0.4, 0.5) is 0 Å². The van der Waals surface area contributed by atoms with Gasteiger partial charge in [-0.15, -0.1) is 0 Å². The maximum absolute atomic E-state index is 12.3. The highest BCUT2D eigenvalue weighted by Crippen LogP contribution is 2.24. The fourth-order valence-corrected chi connectivity index (χ4v) is 3.79. The molecule has 21 heavy (non-hydrogen) atoms. The number of hydrogen-bond donors (Lipinski definition) is 0. The molecule has 3 fully saturated rings. The molecule has 1 aliphatic carbocycles. The number of likely N-dealkylation sites (tertiary alicyclic amines) is 1. The standard InChI is InChI=1S/C16H28N2O3/c1-2-17-7-8-20-15-11-18(10-13(15)9-17)16(19)12-21-14-5-3-4-6-14/h13-15H,2-12H2,1H3/t13-,15+/m1/s1. The SMILES string of the molecule is CCN1CCO[C@H]2CN(C(=O)COC3CCCC3)C[C@H]2C1. The van der Waals surface area contributed by atoms with Crippen LogP contribution in [0, 0.1) is 5.92 Å². The molecule has 2 atom stereocenters. The highest BCUT2D eigenvalue weighted by Gasteiger charge is 2.38. The summed E-state index contributed by atoms with van der Waals surface area (Å²) in [6.45, 7) is 7.93. The van der Waals surface area contributed by atoms with Crippen LogP contribution in [0.1, 0.15) is 32.6 Å². The first kappa shape index (κ1) is 15.3. The number of amides is 1. The third kappa shape index (κ3) is 3.76. The summed E-state index contributed by atoms with van der Waals surface area (Å²) in [5.74, 6) is 0.601. The van der Waals surface area contributed by atoms with Crippen LogP contribution in [-0.2, 0) is 14.3 Å². The van der Waals surface area contributed by atoms with E-state index in [1.54, 1.807) is 0 Å². The van der Waals surface area contributed by atoms with Crippen molar-refractivity contribution in [2.24, 2.45) is 5.92 Å². The molecule has 0 bridgehead atoms. The summed E-state index contributed by atoms with van der Waals surface area (Å²) < 4.78 is 11.7. The zero-order valence-electron chi connectivity index (χ0n) is 13.1. The van der Waals surface area contributed by atoms with Crippen LogP contribution in [0.5, 0.6) is 0 Å². The summed E-state index contributed by atoms with van der Waals surface area (Å²) in [6, 6.07) is 0. The van der Waals surface area contributed by atoms with E-state index in [2.05, 4.69) is 11.8 Å². The molecule has 3 rings (SSSR count). The summed E-state index contributed by atoms with van der Waals surface area (Å²) >= 11 is 0. The minimum atomic E-state index is 0.140. The van der Waals surface area contributed by atoms with Crippen molar-refractivity contribution in [3.8, 4) is 0 Å². The van der Waals surface area contributed by atoms with E-state index in [1.807, 2.05) is 4.90 Å². The van der Waals surface area contributed by atoms with Crippen LogP contribution < -0.4 is 0 Å². The number of hydrogen-bond acceptors (Lipinski definition) is 4.